The second kappa shape index (κ2) is 8.41. The fourth-order valence-corrected chi connectivity index (χ4v) is 4.42. The van der Waals surface area contributed by atoms with Crippen LogP contribution in [0.2, 0.25) is 0 Å². The molecule has 0 aliphatic rings. The minimum absolute atomic E-state index is 0.193. The van der Waals surface area contributed by atoms with Crippen LogP contribution in [0.25, 0.3) is 10.4 Å². The van der Waals surface area contributed by atoms with Gasteiger partial charge in [-0.1, -0.05) is 55.0 Å². The third kappa shape index (κ3) is 4.23. The molecule has 6 nitrogen and oxygen atoms in total. The molecular formula is C19H19N3O3S2. The van der Waals surface area contributed by atoms with Crippen molar-refractivity contribution in [2.45, 2.75) is 26.7 Å². The molecule has 1 N–H and O–H groups in total. The van der Waals surface area contributed by atoms with Crippen LogP contribution in [0.3, 0.4) is 0 Å². The predicted octanol–water partition coefficient (Wildman–Crippen LogP) is 4.57. The standard InChI is InChI=1S/C19H19N3O3S2/c1-4-8-13-16(26-11(2)20-13)17(23)22-19-21-14(18(24)25-3)15(27-19)12-9-6-5-7-10-12/h5-7,9-10H,4,8H2,1-3H3,(H,21,22,23). The molecule has 0 bridgehead atoms. The van der Waals surface area contributed by atoms with Crippen LogP contribution in [-0.4, -0.2) is 29.0 Å². The molecule has 0 atom stereocenters. The Balaban J connectivity index is 1.93. The molecule has 8 heteroatoms. The van der Waals surface area contributed by atoms with Crippen molar-refractivity contribution in [2.75, 3.05) is 12.4 Å². The highest BCUT2D eigenvalue weighted by atomic mass is 32.1. The smallest absolute Gasteiger partial charge is 0.358 e. The third-order valence-electron chi connectivity index (χ3n) is 3.76. The zero-order chi connectivity index (χ0) is 19.4. The monoisotopic (exact) mass is 401 g/mol. The SMILES string of the molecule is CCCc1nc(C)sc1C(=O)Nc1nc(C(=O)OC)c(-c2ccccc2)s1. The van der Waals surface area contributed by atoms with E-state index in [4.69, 9.17) is 4.74 Å². The topological polar surface area (TPSA) is 81.2 Å². The van der Waals surface area contributed by atoms with Gasteiger partial charge in [-0.2, -0.15) is 0 Å². The van der Waals surface area contributed by atoms with E-state index in [9.17, 15) is 9.59 Å². The highest BCUT2D eigenvalue weighted by Crippen LogP contribution is 2.34. The van der Waals surface area contributed by atoms with E-state index >= 15 is 0 Å². The van der Waals surface area contributed by atoms with Gasteiger partial charge >= 0.3 is 5.97 Å². The summed E-state index contributed by atoms with van der Waals surface area (Å²) in [6, 6.07) is 9.43. The van der Waals surface area contributed by atoms with E-state index in [1.165, 1.54) is 29.8 Å². The number of aromatic nitrogens is 2. The Bertz CT molecular complexity index is 964. The number of nitrogens with zero attached hydrogens (tertiary/aromatic N) is 2. The number of thiazole rings is 2. The first-order valence-corrected chi connectivity index (χ1v) is 10.1. The van der Waals surface area contributed by atoms with Crippen LogP contribution in [0.15, 0.2) is 30.3 Å². The van der Waals surface area contributed by atoms with Gasteiger partial charge in [0, 0.05) is 0 Å². The number of ether oxygens (including phenoxy) is 1. The lowest BCUT2D eigenvalue weighted by Crippen LogP contribution is -2.13. The fraction of sp³-hybridized carbons (Fsp3) is 0.263. The molecule has 0 aliphatic carbocycles. The van der Waals surface area contributed by atoms with Crippen molar-refractivity contribution in [3.05, 3.63) is 51.6 Å². The van der Waals surface area contributed by atoms with Gasteiger partial charge in [0.1, 0.15) is 4.88 Å². The lowest BCUT2D eigenvalue weighted by atomic mass is 10.1. The lowest BCUT2D eigenvalue weighted by molar-refractivity contribution is 0.0595. The first-order valence-electron chi connectivity index (χ1n) is 8.45. The van der Waals surface area contributed by atoms with Crippen LogP contribution >= 0.6 is 22.7 Å². The Morgan fingerprint density at radius 1 is 1.15 bits per heavy atom. The number of anilines is 1. The molecule has 0 saturated carbocycles. The van der Waals surface area contributed by atoms with Gasteiger partial charge in [-0.3, -0.25) is 10.1 Å². The van der Waals surface area contributed by atoms with Crippen LogP contribution in [0.5, 0.6) is 0 Å². The van der Waals surface area contributed by atoms with Gasteiger partial charge in [0.25, 0.3) is 5.91 Å². The molecule has 0 saturated heterocycles. The number of benzene rings is 1. The molecule has 0 radical (unpaired) electrons. The molecular weight excluding hydrogens is 382 g/mol. The van der Waals surface area contributed by atoms with Gasteiger partial charge in [0.2, 0.25) is 0 Å². The maximum absolute atomic E-state index is 12.7. The molecule has 27 heavy (non-hydrogen) atoms. The molecule has 3 aromatic rings. The van der Waals surface area contributed by atoms with E-state index < -0.39 is 5.97 Å². The summed E-state index contributed by atoms with van der Waals surface area (Å²) in [5.41, 5.74) is 1.83. The zero-order valence-corrected chi connectivity index (χ0v) is 16.9. The summed E-state index contributed by atoms with van der Waals surface area (Å²) in [5.74, 6) is -0.792. The van der Waals surface area contributed by atoms with Crippen molar-refractivity contribution in [1.82, 2.24) is 9.97 Å². The van der Waals surface area contributed by atoms with E-state index in [2.05, 4.69) is 15.3 Å². The van der Waals surface area contributed by atoms with Crippen molar-refractivity contribution >= 4 is 39.7 Å². The maximum atomic E-state index is 12.7. The van der Waals surface area contributed by atoms with Gasteiger partial charge in [-0.25, -0.2) is 14.8 Å². The van der Waals surface area contributed by atoms with Crippen LogP contribution in [0.4, 0.5) is 5.13 Å². The van der Waals surface area contributed by atoms with E-state index in [-0.39, 0.29) is 11.6 Å². The van der Waals surface area contributed by atoms with E-state index in [0.717, 1.165) is 29.1 Å². The normalized spacial score (nSPS) is 10.6. The first kappa shape index (κ1) is 19.2. The average molecular weight is 402 g/mol. The predicted molar refractivity (Wildman–Crippen MR) is 108 cm³/mol. The maximum Gasteiger partial charge on any atom is 0.358 e. The zero-order valence-electron chi connectivity index (χ0n) is 15.2. The fourth-order valence-electron chi connectivity index (χ4n) is 2.60. The summed E-state index contributed by atoms with van der Waals surface area (Å²) >= 11 is 2.61. The van der Waals surface area contributed by atoms with Crippen molar-refractivity contribution in [2.24, 2.45) is 0 Å². The lowest BCUT2D eigenvalue weighted by Gasteiger charge is -2.01. The molecule has 2 heterocycles. The molecule has 0 aliphatic heterocycles. The van der Waals surface area contributed by atoms with Crippen molar-refractivity contribution in [3.8, 4) is 10.4 Å². The van der Waals surface area contributed by atoms with Gasteiger partial charge in [-0.15, -0.1) is 11.3 Å². The number of esters is 1. The van der Waals surface area contributed by atoms with Crippen molar-refractivity contribution in [3.63, 3.8) is 0 Å². The minimum Gasteiger partial charge on any atom is -0.464 e. The van der Waals surface area contributed by atoms with Gasteiger partial charge in [0.05, 0.1) is 22.7 Å². The summed E-state index contributed by atoms with van der Waals surface area (Å²) in [4.78, 5) is 34.8. The van der Waals surface area contributed by atoms with Crippen molar-refractivity contribution < 1.29 is 14.3 Å². The van der Waals surface area contributed by atoms with Gasteiger partial charge in [0.15, 0.2) is 10.8 Å². The number of hydrogen-bond donors (Lipinski definition) is 1. The number of nitrogens with one attached hydrogen (secondary N) is 1. The highest BCUT2D eigenvalue weighted by Gasteiger charge is 2.23. The number of amides is 1. The van der Waals surface area contributed by atoms with Crippen molar-refractivity contribution in [1.29, 1.82) is 0 Å². The summed E-state index contributed by atoms with van der Waals surface area (Å²) in [5, 5.41) is 4.02. The third-order valence-corrected chi connectivity index (χ3v) is 5.79. The van der Waals surface area contributed by atoms with Gasteiger partial charge < -0.3 is 4.74 Å². The Morgan fingerprint density at radius 3 is 2.56 bits per heavy atom. The molecule has 1 amide bonds. The minimum atomic E-state index is -0.536. The molecule has 1 aromatic carbocycles. The second-order valence-corrected chi connectivity index (χ2v) is 7.97. The Labute approximate surface area is 165 Å². The van der Waals surface area contributed by atoms with E-state index in [1.54, 1.807) is 0 Å². The number of rotatable bonds is 6. The van der Waals surface area contributed by atoms with Crippen LogP contribution in [0, 0.1) is 6.92 Å². The van der Waals surface area contributed by atoms with E-state index in [0.29, 0.717) is 14.9 Å². The first-order chi connectivity index (χ1) is 13.0. The number of carbonyl (C=O) groups excluding carboxylic acids is 2. The molecule has 0 unspecified atom stereocenters. The van der Waals surface area contributed by atoms with E-state index in [1.807, 2.05) is 44.2 Å². The molecule has 0 spiro atoms. The number of carbonyl (C=O) groups is 2. The largest absolute Gasteiger partial charge is 0.464 e. The quantitative estimate of drug-likeness (QED) is 0.612. The Kier molecular flexibility index (Phi) is 5.98. The van der Waals surface area contributed by atoms with Crippen LogP contribution < -0.4 is 5.32 Å². The summed E-state index contributed by atoms with van der Waals surface area (Å²) in [6.07, 6.45) is 1.65. The van der Waals surface area contributed by atoms with Gasteiger partial charge in [-0.05, 0) is 18.9 Å². The average Bonchev–Trinajstić information content (AvgIpc) is 3.25. The Hall–Kier alpha value is -2.58. The summed E-state index contributed by atoms with van der Waals surface area (Å²) in [6.45, 7) is 3.93. The number of methoxy groups -OCH3 is 1. The summed E-state index contributed by atoms with van der Waals surface area (Å²) in [7, 11) is 1.31. The second-order valence-electron chi connectivity index (χ2n) is 5.77. The number of hydrogen-bond acceptors (Lipinski definition) is 7. The molecule has 3 rings (SSSR count). The highest BCUT2D eigenvalue weighted by molar-refractivity contribution is 7.19. The number of aryl methyl sites for hydroxylation is 2. The molecule has 140 valence electrons. The van der Waals surface area contributed by atoms with Crippen LogP contribution in [-0.2, 0) is 11.2 Å². The van der Waals surface area contributed by atoms with Crippen LogP contribution in [0.1, 0.15) is 44.2 Å². The molecule has 2 aromatic heterocycles. The molecule has 0 fully saturated rings. The summed E-state index contributed by atoms with van der Waals surface area (Å²) < 4.78 is 4.84. The Morgan fingerprint density at radius 2 is 1.89 bits per heavy atom.